The lowest BCUT2D eigenvalue weighted by Gasteiger charge is -2.17. The molecule has 0 amide bonds. The van der Waals surface area contributed by atoms with Gasteiger partial charge in [-0.25, -0.2) is 19.9 Å². The number of pyridine rings is 1. The third-order valence-electron chi connectivity index (χ3n) is 11.5. The van der Waals surface area contributed by atoms with Gasteiger partial charge in [0.05, 0.1) is 11.2 Å². The van der Waals surface area contributed by atoms with Crippen molar-refractivity contribution in [2.24, 2.45) is 0 Å². The molecule has 4 heteroatoms. The van der Waals surface area contributed by atoms with Crippen molar-refractivity contribution in [3.05, 3.63) is 231 Å². The Kier molecular flexibility index (Phi) is 9.49. The minimum Gasteiger partial charge on any atom is -0.247 e. The molecule has 2 aromatic heterocycles. The molecule has 290 valence electrons. The second-order valence-corrected chi connectivity index (χ2v) is 15.4. The number of fused-ring (bicyclic) bond motifs is 3. The van der Waals surface area contributed by atoms with Crippen LogP contribution in [0.2, 0.25) is 0 Å². The van der Waals surface area contributed by atoms with E-state index in [1.54, 1.807) is 0 Å². The van der Waals surface area contributed by atoms with Crippen LogP contribution in [0, 0.1) is 0 Å². The van der Waals surface area contributed by atoms with Crippen LogP contribution in [0.4, 0.5) is 0 Å². The molecule has 0 aliphatic carbocycles. The first-order valence-corrected chi connectivity index (χ1v) is 20.9. The minimum absolute atomic E-state index is 0.607. The summed E-state index contributed by atoms with van der Waals surface area (Å²) in [7, 11) is 0. The van der Waals surface area contributed by atoms with Crippen molar-refractivity contribution in [2.75, 3.05) is 0 Å². The lowest BCUT2D eigenvalue weighted by atomic mass is 9.90. The second kappa shape index (κ2) is 16.0. The van der Waals surface area contributed by atoms with Gasteiger partial charge >= 0.3 is 0 Å². The minimum atomic E-state index is 0.607. The fraction of sp³-hybridized carbons (Fsp3) is 0. The number of nitrogens with zero attached hydrogens (tertiary/aromatic N) is 4. The van der Waals surface area contributed by atoms with E-state index in [1.807, 2.05) is 18.2 Å². The number of benzene rings is 9. The Labute approximate surface area is 360 Å². The molecule has 0 radical (unpaired) electrons. The van der Waals surface area contributed by atoms with Crippen LogP contribution in [0.15, 0.2) is 231 Å². The summed E-state index contributed by atoms with van der Waals surface area (Å²) < 4.78 is 0. The highest BCUT2D eigenvalue weighted by molar-refractivity contribution is 6.18. The fourth-order valence-electron chi connectivity index (χ4n) is 8.36. The first kappa shape index (κ1) is 36.7. The summed E-state index contributed by atoms with van der Waals surface area (Å²) in [5.41, 5.74) is 14.7. The van der Waals surface area contributed by atoms with E-state index in [0.29, 0.717) is 17.5 Å². The Hall–Kier alpha value is -8.34. The van der Waals surface area contributed by atoms with E-state index in [2.05, 4.69) is 212 Å². The van der Waals surface area contributed by atoms with Gasteiger partial charge in [0.1, 0.15) is 0 Å². The molecule has 0 aliphatic heterocycles. The lowest BCUT2D eigenvalue weighted by Crippen LogP contribution is -2.00. The van der Waals surface area contributed by atoms with Crippen LogP contribution in [0.3, 0.4) is 0 Å². The van der Waals surface area contributed by atoms with E-state index >= 15 is 0 Å². The Morgan fingerprint density at radius 1 is 0.242 bits per heavy atom. The standard InChI is InChI=1S/C58H38N4/c1-5-15-39(16-6-1)41-25-31-46(32-26-41)56-60-57(47-33-27-42(28-34-47)40-17-7-2-8-18-40)62-58(61-56)48-35-29-44(30-36-48)52-37-49-23-13-14-24-50(49)54-51(43-19-9-3-10-20-43)38-53(59-55(52)54)45-21-11-4-12-22-45/h1-38H. The van der Waals surface area contributed by atoms with Crippen molar-refractivity contribution in [2.45, 2.75) is 0 Å². The predicted molar refractivity (Wildman–Crippen MR) is 256 cm³/mol. The summed E-state index contributed by atoms with van der Waals surface area (Å²) in [6.45, 7) is 0. The molecule has 0 unspecified atom stereocenters. The van der Waals surface area contributed by atoms with Crippen LogP contribution in [0.25, 0.3) is 112 Å². The third-order valence-corrected chi connectivity index (χ3v) is 11.5. The molecule has 9 aromatic carbocycles. The van der Waals surface area contributed by atoms with Crippen LogP contribution in [-0.4, -0.2) is 19.9 Å². The van der Waals surface area contributed by atoms with Crippen LogP contribution in [-0.2, 0) is 0 Å². The van der Waals surface area contributed by atoms with Gasteiger partial charge in [-0.2, -0.15) is 0 Å². The van der Waals surface area contributed by atoms with Gasteiger partial charge in [0.15, 0.2) is 17.5 Å². The highest BCUT2D eigenvalue weighted by atomic mass is 15.0. The lowest BCUT2D eigenvalue weighted by molar-refractivity contribution is 1.07. The van der Waals surface area contributed by atoms with E-state index in [0.717, 1.165) is 88.7 Å². The van der Waals surface area contributed by atoms with Gasteiger partial charge in [-0.15, -0.1) is 0 Å². The molecule has 2 heterocycles. The fourth-order valence-corrected chi connectivity index (χ4v) is 8.36. The normalized spacial score (nSPS) is 11.2. The maximum absolute atomic E-state index is 5.45. The van der Waals surface area contributed by atoms with Crippen LogP contribution in [0.5, 0.6) is 0 Å². The molecule has 0 spiro atoms. The monoisotopic (exact) mass is 790 g/mol. The molecule has 11 rings (SSSR count). The smallest absolute Gasteiger partial charge is 0.164 e. The Morgan fingerprint density at radius 2 is 0.597 bits per heavy atom. The average Bonchev–Trinajstić information content (AvgIpc) is 3.37. The molecular weight excluding hydrogens is 753 g/mol. The largest absolute Gasteiger partial charge is 0.247 e. The Morgan fingerprint density at radius 3 is 1.08 bits per heavy atom. The summed E-state index contributed by atoms with van der Waals surface area (Å²) >= 11 is 0. The zero-order chi connectivity index (χ0) is 41.2. The molecule has 0 saturated heterocycles. The van der Waals surface area contributed by atoms with Gasteiger partial charge < -0.3 is 0 Å². The number of aromatic nitrogens is 4. The topological polar surface area (TPSA) is 51.6 Å². The number of rotatable bonds is 8. The second-order valence-electron chi connectivity index (χ2n) is 15.4. The van der Waals surface area contributed by atoms with E-state index in [9.17, 15) is 0 Å². The highest BCUT2D eigenvalue weighted by Crippen LogP contribution is 2.42. The van der Waals surface area contributed by atoms with Crippen molar-refractivity contribution < 1.29 is 0 Å². The summed E-state index contributed by atoms with van der Waals surface area (Å²) in [6.07, 6.45) is 0. The maximum atomic E-state index is 5.45. The molecule has 0 saturated carbocycles. The van der Waals surface area contributed by atoms with Crippen LogP contribution >= 0.6 is 0 Å². The summed E-state index contributed by atoms with van der Waals surface area (Å²) in [5.74, 6) is 1.84. The number of hydrogen-bond donors (Lipinski definition) is 0. The average molecular weight is 791 g/mol. The van der Waals surface area contributed by atoms with E-state index in [-0.39, 0.29) is 0 Å². The van der Waals surface area contributed by atoms with E-state index in [1.165, 1.54) is 5.39 Å². The van der Waals surface area contributed by atoms with Crippen molar-refractivity contribution in [3.8, 4) is 89.9 Å². The maximum Gasteiger partial charge on any atom is 0.164 e. The van der Waals surface area contributed by atoms with Crippen molar-refractivity contribution in [1.29, 1.82) is 0 Å². The van der Waals surface area contributed by atoms with Crippen molar-refractivity contribution in [1.82, 2.24) is 19.9 Å². The Bertz CT molecular complexity index is 3230. The van der Waals surface area contributed by atoms with E-state index < -0.39 is 0 Å². The molecule has 0 fully saturated rings. The highest BCUT2D eigenvalue weighted by Gasteiger charge is 2.18. The third kappa shape index (κ3) is 7.10. The molecule has 0 atom stereocenters. The van der Waals surface area contributed by atoms with Gasteiger partial charge in [0.2, 0.25) is 0 Å². The molecular formula is C58H38N4. The van der Waals surface area contributed by atoms with Crippen molar-refractivity contribution in [3.63, 3.8) is 0 Å². The van der Waals surface area contributed by atoms with Gasteiger partial charge in [0.25, 0.3) is 0 Å². The van der Waals surface area contributed by atoms with Gasteiger partial charge in [-0.05, 0) is 61.8 Å². The molecule has 0 aliphatic rings. The molecule has 0 bridgehead atoms. The van der Waals surface area contributed by atoms with Crippen molar-refractivity contribution >= 4 is 21.7 Å². The molecule has 4 nitrogen and oxygen atoms in total. The predicted octanol–water partition coefficient (Wildman–Crippen LogP) is 14.9. The molecule has 0 N–H and O–H groups in total. The molecule has 62 heavy (non-hydrogen) atoms. The first-order valence-electron chi connectivity index (χ1n) is 20.9. The van der Waals surface area contributed by atoms with Gasteiger partial charge in [0, 0.05) is 33.2 Å². The SMILES string of the molecule is c1ccc(-c2ccc(-c3nc(-c4ccc(-c5ccccc5)cc4)nc(-c4ccc(-c5cc6ccccc6c6c(-c7ccccc7)cc(-c7ccccc7)nc56)cc4)n3)cc2)cc1. The number of hydrogen-bond acceptors (Lipinski definition) is 4. The summed E-state index contributed by atoms with van der Waals surface area (Å²) in [4.78, 5) is 20.7. The zero-order valence-electron chi connectivity index (χ0n) is 33.7. The first-order chi connectivity index (χ1) is 30.7. The summed E-state index contributed by atoms with van der Waals surface area (Å²) in [5, 5.41) is 3.47. The van der Waals surface area contributed by atoms with Crippen LogP contribution < -0.4 is 0 Å². The molecule has 11 aromatic rings. The van der Waals surface area contributed by atoms with Gasteiger partial charge in [-0.3, -0.25) is 0 Å². The summed E-state index contributed by atoms with van der Waals surface area (Å²) in [6, 6.07) is 80.5. The quantitative estimate of drug-likeness (QED) is 0.144. The van der Waals surface area contributed by atoms with Gasteiger partial charge in [-0.1, -0.05) is 218 Å². The van der Waals surface area contributed by atoms with Crippen LogP contribution in [0.1, 0.15) is 0 Å². The van der Waals surface area contributed by atoms with E-state index in [4.69, 9.17) is 19.9 Å². The zero-order valence-corrected chi connectivity index (χ0v) is 33.7. The Balaban J connectivity index is 1.04.